The van der Waals surface area contributed by atoms with E-state index in [1.165, 1.54) is 0 Å². The summed E-state index contributed by atoms with van der Waals surface area (Å²) in [4.78, 5) is 16.5. The fourth-order valence-corrected chi connectivity index (χ4v) is 2.26. The number of Topliss-reactive ketones (excluding diaryl/α,β-unsaturated/α-hetero) is 1. The van der Waals surface area contributed by atoms with Crippen LogP contribution in [0.1, 0.15) is 16.2 Å². The summed E-state index contributed by atoms with van der Waals surface area (Å²) in [5.41, 5.74) is 1.31. The molecule has 19 heavy (non-hydrogen) atoms. The Balaban J connectivity index is 2.16. The summed E-state index contributed by atoms with van der Waals surface area (Å²) in [6.45, 7) is 1.06. The zero-order valence-electron chi connectivity index (χ0n) is 10.5. The molecule has 2 aromatic heterocycles. The van der Waals surface area contributed by atoms with Gasteiger partial charge in [-0.2, -0.15) is 5.10 Å². The number of nitrogens with zero attached hydrogens (tertiary/aromatic N) is 3. The van der Waals surface area contributed by atoms with Crippen molar-refractivity contribution in [3.8, 4) is 0 Å². The molecule has 0 radical (unpaired) electrons. The van der Waals surface area contributed by atoms with Crippen molar-refractivity contribution < 1.29 is 9.53 Å². The molecule has 100 valence electrons. The molecule has 0 aliphatic heterocycles. The summed E-state index contributed by atoms with van der Waals surface area (Å²) in [5.74, 6) is -0.0146. The number of halogens is 1. The molecular formula is C13H14BrN3O2. The average Bonchev–Trinajstić information content (AvgIpc) is 2.78. The molecule has 2 aromatic rings. The Bertz CT molecular complexity index is 554. The second-order valence-electron chi connectivity index (χ2n) is 3.98. The molecule has 0 aromatic carbocycles. The molecule has 0 N–H and O–H groups in total. The third-order valence-corrected chi connectivity index (χ3v) is 3.21. The summed E-state index contributed by atoms with van der Waals surface area (Å²) in [6, 6.07) is 5.53. The number of ketones is 1. The van der Waals surface area contributed by atoms with Crippen LogP contribution in [0.4, 0.5) is 0 Å². The highest BCUT2D eigenvalue weighted by Crippen LogP contribution is 2.18. The van der Waals surface area contributed by atoms with Gasteiger partial charge in [-0.3, -0.25) is 14.5 Å². The second-order valence-corrected chi connectivity index (χ2v) is 4.83. The number of ether oxygens (including phenoxy) is 1. The van der Waals surface area contributed by atoms with Crippen molar-refractivity contribution in [3.05, 3.63) is 46.5 Å². The minimum absolute atomic E-state index is 0.0146. The van der Waals surface area contributed by atoms with Gasteiger partial charge in [0.25, 0.3) is 0 Å². The SMILES string of the molecule is COCCn1ncc(Br)c1C(=O)Cc1ccccn1. The fourth-order valence-electron chi connectivity index (χ4n) is 1.74. The molecule has 0 bridgehead atoms. The van der Waals surface area contributed by atoms with Crippen molar-refractivity contribution >= 4 is 21.7 Å². The maximum atomic E-state index is 12.3. The van der Waals surface area contributed by atoms with E-state index in [4.69, 9.17) is 4.74 Å². The number of carbonyl (C=O) groups excluding carboxylic acids is 1. The molecule has 0 saturated heterocycles. The van der Waals surface area contributed by atoms with Crippen molar-refractivity contribution in [2.75, 3.05) is 13.7 Å². The van der Waals surface area contributed by atoms with Crippen molar-refractivity contribution in [3.63, 3.8) is 0 Å². The Labute approximate surface area is 119 Å². The predicted octanol–water partition coefficient (Wildman–Crippen LogP) is 2.11. The molecule has 0 atom stereocenters. The van der Waals surface area contributed by atoms with Crippen molar-refractivity contribution in [1.29, 1.82) is 0 Å². The van der Waals surface area contributed by atoms with E-state index in [1.807, 2.05) is 18.2 Å². The lowest BCUT2D eigenvalue weighted by Gasteiger charge is -2.06. The van der Waals surface area contributed by atoms with E-state index >= 15 is 0 Å². The van der Waals surface area contributed by atoms with E-state index in [9.17, 15) is 4.79 Å². The standard InChI is InChI=1S/C13H14BrN3O2/c1-19-7-6-17-13(11(14)9-16-17)12(18)8-10-4-2-3-5-15-10/h2-5,9H,6-8H2,1H3. The molecule has 2 rings (SSSR count). The molecule has 0 aliphatic rings. The number of aromatic nitrogens is 3. The van der Waals surface area contributed by atoms with E-state index in [-0.39, 0.29) is 12.2 Å². The molecule has 0 unspecified atom stereocenters. The Kier molecular flexibility index (Phi) is 4.81. The van der Waals surface area contributed by atoms with Crippen LogP contribution in [0, 0.1) is 0 Å². The fraction of sp³-hybridized carbons (Fsp3) is 0.308. The lowest BCUT2D eigenvalue weighted by molar-refractivity contribution is 0.0977. The first-order chi connectivity index (χ1) is 9.22. The zero-order chi connectivity index (χ0) is 13.7. The van der Waals surface area contributed by atoms with Gasteiger partial charge in [-0.05, 0) is 28.1 Å². The number of rotatable bonds is 6. The summed E-state index contributed by atoms with van der Waals surface area (Å²) in [5, 5.41) is 4.16. The van der Waals surface area contributed by atoms with E-state index < -0.39 is 0 Å². The molecule has 0 amide bonds. The highest BCUT2D eigenvalue weighted by molar-refractivity contribution is 9.10. The summed E-state index contributed by atoms with van der Waals surface area (Å²) < 4.78 is 7.36. The lowest BCUT2D eigenvalue weighted by Crippen LogP contribution is -2.16. The second kappa shape index (κ2) is 6.58. The molecule has 5 nitrogen and oxygen atoms in total. The van der Waals surface area contributed by atoms with E-state index in [2.05, 4.69) is 26.0 Å². The largest absolute Gasteiger partial charge is 0.383 e. The molecule has 0 aliphatic carbocycles. The number of carbonyl (C=O) groups is 1. The Morgan fingerprint density at radius 2 is 2.32 bits per heavy atom. The van der Waals surface area contributed by atoms with Gasteiger partial charge in [0.15, 0.2) is 5.78 Å². The topological polar surface area (TPSA) is 57.0 Å². The number of pyridine rings is 1. The summed E-state index contributed by atoms with van der Waals surface area (Å²) >= 11 is 3.36. The van der Waals surface area contributed by atoms with Crippen LogP contribution in [-0.4, -0.2) is 34.3 Å². The van der Waals surface area contributed by atoms with E-state index in [1.54, 1.807) is 24.2 Å². The van der Waals surface area contributed by atoms with Crippen LogP contribution in [0.2, 0.25) is 0 Å². The Morgan fingerprint density at radius 3 is 3.00 bits per heavy atom. The minimum Gasteiger partial charge on any atom is -0.383 e. The van der Waals surface area contributed by atoms with E-state index in [0.29, 0.717) is 23.3 Å². The third-order valence-electron chi connectivity index (χ3n) is 2.63. The molecule has 0 saturated carbocycles. The number of methoxy groups -OCH3 is 1. The van der Waals surface area contributed by atoms with Gasteiger partial charge >= 0.3 is 0 Å². The van der Waals surface area contributed by atoms with Crippen LogP contribution in [0.15, 0.2) is 35.1 Å². The van der Waals surface area contributed by atoms with Crippen molar-refractivity contribution in [2.45, 2.75) is 13.0 Å². The zero-order valence-corrected chi connectivity index (χ0v) is 12.1. The highest BCUT2D eigenvalue weighted by atomic mass is 79.9. The summed E-state index contributed by atoms with van der Waals surface area (Å²) in [7, 11) is 1.62. The number of hydrogen-bond acceptors (Lipinski definition) is 4. The third kappa shape index (κ3) is 3.48. The van der Waals surface area contributed by atoms with E-state index in [0.717, 1.165) is 5.69 Å². The molecular weight excluding hydrogens is 310 g/mol. The van der Waals surface area contributed by atoms with Crippen LogP contribution < -0.4 is 0 Å². The van der Waals surface area contributed by atoms with Gasteiger partial charge in [-0.25, -0.2) is 0 Å². The molecule has 6 heteroatoms. The highest BCUT2D eigenvalue weighted by Gasteiger charge is 2.17. The van der Waals surface area contributed by atoms with Crippen LogP contribution in [0.3, 0.4) is 0 Å². The number of hydrogen-bond donors (Lipinski definition) is 0. The predicted molar refractivity (Wildman–Crippen MR) is 74.1 cm³/mol. The first kappa shape index (κ1) is 13.9. The quantitative estimate of drug-likeness (QED) is 0.764. The van der Waals surface area contributed by atoms with Gasteiger partial charge in [0.1, 0.15) is 5.69 Å². The minimum atomic E-state index is -0.0146. The van der Waals surface area contributed by atoms with Crippen molar-refractivity contribution in [2.24, 2.45) is 0 Å². The first-order valence-corrected chi connectivity index (χ1v) is 6.65. The molecule has 2 heterocycles. The maximum Gasteiger partial charge on any atom is 0.187 e. The van der Waals surface area contributed by atoms with Gasteiger partial charge < -0.3 is 4.74 Å². The van der Waals surface area contributed by atoms with Gasteiger partial charge in [-0.1, -0.05) is 6.07 Å². The smallest absolute Gasteiger partial charge is 0.187 e. The van der Waals surface area contributed by atoms with Crippen molar-refractivity contribution in [1.82, 2.24) is 14.8 Å². The summed E-state index contributed by atoms with van der Waals surface area (Å²) in [6.07, 6.45) is 3.57. The maximum absolute atomic E-state index is 12.3. The molecule has 0 fully saturated rings. The monoisotopic (exact) mass is 323 g/mol. The van der Waals surface area contributed by atoms with Gasteiger partial charge in [0, 0.05) is 19.0 Å². The first-order valence-electron chi connectivity index (χ1n) is 5.85. The lowest BCUT2D eigenvalue weighted by atomic mass is 10.1. The van der Waals surface area contributed by atoms with Crippen LogP contribution >= 0.6 is 15.9 Å². The van der Waals surface area contributed by atoms with Crippen LogP contribution in [-0.2, 0) is 17.7 Å². The molecule has 0 spiro atoms. The average molecular weight is 324 g/mol. The van der Waals surface area contributed by atoms with Gasteiger partial charge in [-0.15, -0.1) is 0 Å². The van der Waals surface area contributed by atoms with Crippen LogP contribution in [0.5, 0.6) is 0 Å². The van der Waals surface area contributed by atoms with Gasteiger partial charge in [0.05, 0.1) is 30.2 Å². The normalized spacial score (nSPS) is 10.6. The Hall–Kier alpha value is -1.53. The Morgan fingerprint density at radius 1 is 1.47 bits per heavy atom. The van der Waals surface area contributed by atoms with Gasteiger partial charge in [0.2, 0.25) is 0 Å². The van der Waals surface area contributed by atoms with Crippen LogP contribution in [0.25, 0.3) is 0 Å².